The Morgan fingerprint density at radius 3 is 1.14 bits per heavy atom. The molecule has 1 amide bonds. The van der Waals surface area contributed by atoms with E-state index in [1.165, 1.54) is 199 Å². The van der Waals surface area contributed by atoms with Crippen LogP contribution in [0.5, 0.6) is 0 Å². The molecule has 0 heterocycles. The second kappa shape index (κ2) is 58.7. The maximum absolute atomic E-state index is 13.3. The van der Waals surface area contributed by atoms with Gasteiger partial charge in [-0.2, -0.15) is 0 Å². The summed E-state index contributed by atoms with van der Waals surface area (Å²) in [5.41, 5.74) is 0. The minimum atomic E-state index is -0.795. The lowest BCUT2D eigenvalue weighted by Crippen LogP contribution is -2.46. The summed E-state index contributed by atoms with van der Waals surface area (Å²) in [5.74, 6) is -0.489. The van der Waals surface area contributed by atoms with Crippen LogP contribution in [0.25, 0.3) is 0 Å². The molecule has 0 aliphatic carbocycles. The molecule has 416 valence electrons. The zero-order chi connectivity index (χ0) is 51.6. The molecule has 0 aliphatic rings. The molecule has 0 aromatic carbocycles. The van der Waals surface area contributed by atoms with E-state index in [4.69, 9.17) is 4.74 Å². The quantitative estimate of drug-likeness (QED) is 0.0321. The lowest BCUT2D eigenvalue weighted by Gasteiger charge is -2.24. The number of allylic oxidation sites excluding steroid dienone is 8. The van der Waals surface area contributed by atoms with E-state index in [9.17, 15) is 19.8 Å². The normalized spacial score (nSPS) is 13.4. The lowest BCUT2D eigenvalue weighted by molar-refractivity contribution is -0.151. The molecule has 0 radical (unpaired) electrons. The first-order chi connectivity index (χ1) is 35.0. The molecule has 0 saturated carbocycles. The molecule has 0 fully saturated rings. The predicted octanol–water partition coefficient (Wildman–Crippen LogP) is 19.7. The number of hydrogen-bond acceptors (Lipinski definition) is 5. The van der Waals surface area contributed by atoms with Crippen molar-refractivity contribution in [2.24, 2.45) is 0 Å². The smallest absolute Gasteiger partial charge is 0.306 e. The van der Waals surface area contributed by atoms with Gasteiger partial charge in [0.1, 0.15) is 6.10 Å². The fraction of sp³-hybridized carbons (Fsp3) is 0.846. The van der Waals surface area contributed by atoms with Crippen molar-refractivity contribution in [3.05, 3.63) is 48.6 Å². The van der Waals surface area contributed by atoms with Crippen LogP contribution in [-0.4, -0.2) is 46.9 Å². The molecule has 0 saturated heterocycles. The lowest BCUT2D eigenvalue weighted by atomic mass is 10.0. The Balaban J connectivity index is 4.56. The van der Waals surface area contributed by atoms with E-state index in [1.807, 2.05) is 0 Å². The Hall–Kier alpha value is -2.18. The first-order valence-corrected chi connectivity index (χ1v) is 31.4. The maximum atomic E-state index is 13.3. The van der Waals surface area contributed by atoms with E-state index in [0.29, 0.717) is 19.3 Å². The van der Waals surface area contributed by atoms with Crippen LogP contribution in [0, 0.1) is 0 Å². The fourth-order valence-corrected chi connectivity index (χ4v) is 9.61. The zero-order valence-corrected chi connectivity index (χ0v) is 47.6. The number of carbonyl (C=O) groups excluding carboxylic acids is 2. The van der Waals surface area contributed by atoms with Crippen molar-refractivity contribution in [1.82, 2.24) is 5.32 Å². The van der Waals surface area contributed by atoms with E-state index in [0.717, 1.165) is 83.5 Å². The minimum absolute atomic E-state index is 0.0635. The van der Waals surface area contributed by atoms with Crippen molar-refractivity contribution >= 4 is 11.9 Å². The monoisotopic (exact) mass is 996 g/mol. The first kappa shape index (κ1) is 68.8. The number of ether oxygens (including phenoxy) is 1. The Morgan fingerprint density at radius 1 is 0.408 bits per heavy atom. The van der Waals surface area contributed by atoms with E-state index in [1.54, 1.807) is 0 Å². The highest BCUT2D eigenvalue weighted by molar-refractivity contribution is 5.77. The molecule has 0 rings (SSSR count). The van der Waals surface area contributed by atoms with Crippen molar-refractivity contribution in [3.8, 4) is 0 Å². The Kier molecular flexibility index (Phi) is 56.9. The molecular weight excluding hydrogens is 875 g/mol. The Morgan fingerprint density at radius 2 is 0.718 bits per heavy atom. The molecule has 3 N–H and O–H groups in total. The zero-order valence-electron chi connectivity index (χ0n) is 47.6. The van der Waals surface area contributed by atoms with Gasteiger partial charge in [0.2, 0.25) is 5.91 Å². The average Bonchev–Trinajstić information content (AvgIpc) is 3.36. The second-order valence-corrected chi connectivity index (χ2v) is 21.5. The average molecular weight is 997 g/mol. The molecule has 3 unspecified atom stereocenters. The molecule has 71 heavy (non-hydrogen) atoms. The van der Waals surface area contributed by atoms with Gasteiger partial charge in [-0.05, 0) is 89.9 Å². The summed E-state index contributed by atoms with van der Waals surface area (Å²) in [4.78, 5) is 26.4. The summed E-state index contributed by atoms with van der Waals surface area (Å²) in [5, 5.41) is 24.0. The van der Waals surface area contributed by atoms with Crippen LogP contribution in [0.1, 0.15) is 329 Å². The van der Waals surface area contributed by atoms with Gasteiger partial charge in [-0.25, -0.2) is 0 Å². The summed E-state index contributed by atoms with van der Waals surface area (Å²) in [7, 11) is 0. The predicted molar refractivity (Wildman–Crippen MR) is 310 cm³/mol. The first-order valence-electron chi connectivity index (χ1n) is 31.4. The van der Waals surface area contributed by atoms with Crippen LogP contribution in [0.15, 0.2) is 48.6 Å². The molecule has 0 aromatic rings. The van der Waals surface area contributed by atoms with Crippen LogP contribution in [0.2, 0.25) is 0 Å². The largest absolute Gasteiger partial charge is 0.462 e. The Labute approximate surface area is 442 Å². The number of esters is 1. The van der Waals surface area contributed by atoms with E-state index in [-0.39, 0.29) is 24.9 Å². The number of aliphatic hydroxyl groups is 2. The van der Waals surface area contributed by atoms with Crippen LogP contribution < -0.4 is 5.32 Å². The number of nitrogens with one attached hydrogen (secondary N) is 1. The molecule has 0 aliphatic heterocycles. The second-order valence-electron chi connectivity index (χ2n) is 21.5. The summed E-state index contributed by atoms with van der Waals surface area (Å²) in [6, 6.07) is -0.710. The number of carbonyl (C=O) groups is 2. The highest BCUT2D eigenvalue weighted by Crippen LogP contribution is 2.19. The third kappa shape index (κ3) is 53.9. The van der Waals surface area contributed by atoms with Gasteiger partial charge < -0.3 is 20.3 Å². The van der Waals surface area contributed by atoms with Crippen molar-refractivity contribution < 1.29 is 24.5 Å². The van der Waals surface area contributed by atoms with Gasteiger partial charge in [0.25, 0.3) is 0 Å². The Bertz CT molecular complexity index is 1210. The van der Waals surface area contributed by atoms with Crippen molar-refractivity contribution in [2.75, 3.05) is 6.61 Å². The number of hydrogen-bond donors (Lipinski definition) is 3. The summed E-state index contributed by atoms with van der Waals surface area (Å²) in [6.45, 7) is 6.49. The van der Waals surface area contributed by atoms with Gasteiger partial charge in [0.15, 0.2) is 0 Å². The van der Waals surface area contributed by atoms with E-state index < -0.39 is 18.2 Å². The molecule has 0 aromatic heterocycles. The molecule has 6 nitrogen and oxygen atoms in total. The van der Waals surface area contributed by atoms with Crippen LogP contribution in [-0.2, 0) is 14.3 Å². The number of amides is 1. The van der Waals surface area contributed by atoms with Gasteiger partial charge in [-0.3, -0.25) is 9.59 Å². The van der Waals surface area contributed by atoms with E-state index in [2.05, 4.69) is 74.7 Å². The number of unbranched alkanes of at least 4 members (excludes halogenated alkanes) is 37. The van der Waals surface area contributed by atoms with E-state index >= 15 is 0 Å². The maximum Gasteiger partial charge on any atom is 0.306 e. The van der Waals surface area contributed by atoms with Crippen LogP contribution in [0.4, 0.5) is 0 Å². The SMILES string of the molecule is CCCCC/C=C\C/C=C\C/C=C\CCCCCCCCC(=O)OC(CCCCC/C=C/CCCCCCCCCCC)CC(=O)NC(CO)C(O)CCCCCCCCCCCCCCCCCCC. The summed E-state index contributed by atoms with van der Waals surface area (Å²) < 4.78 is 5.97. The van der Waals surface area contributed by atoms with Crippen molar-refractivity contribution in [1.29, 1.82) is 0 Å². The molecule has 6 heteroatoms. The van der Waals surface area contributed by atoms with Crippen LogP contribution in [0.3, 0.4) is 0 Å². The third-order valence-corrected chi connectivity index (χ3v) is 14.4. The number of aliphatic hydroxyl groups excluding tert-OH is 2. The van der Waals surface area contributed by atoms with Gasteiger partial charge in [0.05, 0.1) is 25.2 Å². The van der Waals surface area contributed by atoms with Gasteiger partial charge in [-0.15, -0.1) is 0 Å². The molecule has 3 atom stereocenters. The molecular formula is C65H121NO5. The minimum Gasteiger partial charge on any atom is -0.462 e. The molecule has 0 spiro atoms. The van der Waals surface area contributed by atoms with Gasteiger partial charge in [0, 0.05) is 6.42 Å². The fourth-order valence-electron chi connectivity index (χ4n) is 9.61. The van der Waals surface area contributed by atoms with Gasteiger partial charge >= 0.3 is 5.97 Å². The van der Waals surface area contributed by atoms with Crippen molar-refractivity contribution in [2.45, 2.75) is 347 Å². The highest BCUT2D eigenvalue weighted by atomic mass is 16.5. The summed E-state index contributed by atoms with van der Waals surface area (Å²) in [6.07, 6.45) is 73.2. The van der Waals surface area contributed by atoms with Crippen LogP contribution >= 0.6 is 0 Å². The topological polar surface area (TPSA) is 95.9 Å². The van der Waals surface area contributed by atoms with Gasteiger partial charge in [-0.1, -0.05) is 275 Å². The van der Waals surface area contributed by atoms with Crippen molar-refractivity contribution in [3.63, 3.8) is 0 Å². The number of rotatable bonds is 57. The standard InChI is InChI=1S/C65H121NO5/c1-4-7-10-13-16-19-22-25-28-31-32-34-37-40-43-46-49-52-55-58-65(70)71-61(56-53-50-47-44-41-38-35-30-27-24-21-18-15-12-9-6-3)59-64(69)66-62(60-67)63(68)57-54-51-48-45-42-39-36-33-29-26-23-20-17-14-11-8-5-2/h16,19,25,28,32,34,38,41,61-63,67-68H,4-15,17-18,20-24,26-27,29-31,33,35-37,39-40,42-60H2,1-3H3,(H,66,69)/b19-16-,28-25-,34-32-,41-38+. The highest BCUT2D eigenvalue weighted by Gasteiger charge is 2.24. The third-order valence-electron chi connectivity index (χ3n) is 14.4. The molecule has 0 bridgehead atoms. The summed E-state index contributed by atoms with van der Waals surface area (Å²) >= 11 is 0.